The molecule has 1 amide bonds. The van der Waals surface area contributed by atoms with Crippen molar-refractivity contribution in [3.05, 3.63) is 0 Å². The van der Waals surface area contributed by atoms with Crippen LogP contribution in [0.25, 0.3) is 0 Å². The number of amides is 1. The van der Waals surface area contributed by atoms with Crippen molar-refractivity contribution in [2.45, 2.75) is 44.7 Å². The molecule has 0 unspecified atom stereocenters. The van der Waals surface area contributed by atoms with Gasteiger partial charge in [-0.3, -0.25) is 14.4 Å². The zero-order valence-electron chi connectivity index (χ0n) is 12.3. The minimum atomic E-state index is -1.23. The Balaban J connectivity index is 0. The SMILES string of the molecule is CC(=O)N[C@@H](CCC(=O)O)C(=O)O.NCCC[C@H](N)C(=O)O. The van der Waals surface area contributed by atoms with Crippen LogP contribution in [-0.2, 0) is 19.2 Å². The number of hydrogen-bond acceptors (Lipinski definition) is 6. The summed E-state index contributed by atoms with van der Waals surface area (Å²) in [6, 6.07) is -1.86. The van der Waals surface area contributed by atoms with Gasteiger partial charge in [0.05, 0.1) is 0 Å². The number of carbonyl (C=O) groups excluding carboxylic acids is 1. The van der Waals surface area contributed by atoms with Crippen molar-refractivity contribution < 1.29 is 34.5 Å². The number of rotatable bonds is 9. The highest BCUT2D eigenvalue weighted by Crippen LogP contribution is 1.97. The number of carbonyl (C=O) groups is 4. The molecule has 0 aliphatic rings. The van der Waals surface area contributed by atoms with Crippen LogP contribution in [-0.4, -0.2) is 57.8 Å². The van der Waals surface area contributed by atoms with Gasteiger partial charge in [0.25, 0.3) is 0 Å². The molecule has 8 N–H and O–H groups in total. The van der Waals surface area contributed by atoms with Gasteiger partial charge in [-0.2, -0.15) is 0 Å². The van der Waals surface area contributed by atoms with E-state index in [4.69, 9.17) is 26.8 Å². The summed E-state index contributed by atoms with van der Waals surface area (Å²) in [7, 11) is 0. The molecule has 0 aliphatic carbocycles. The molecule has 0 fully saturated rings. The van der Waals surface area contributed by atoms with Crippen molar-refractivity contribution in [3.8, 4) is 0 Å². The molecule has 128 valence electrons. The molecular weight excluding hydrogens is 298 g/mol. The zero-order valence-corrected chi connectivity index (χ0v) is 12.3. The van der Waals surface area contributed by atoms with E-state index in [9.17, 15) is 19.2 Å². The van der Waals surface area contributed by atoms with Crippen molar-refractivity contribution in [3.63, 3.8) is 0 Å². The first kappa shape index (κ1) is 22.1. The first-order chi connectivity index (χ1) is 10.1. The molecule has 0 saturated heterocycles. The van der Waals surface area contributed by atoms with Gasteiger partial charge in [-0.1, -0.05) is 0 Å². The molecule has 10 nitrogen and oxygen atoms in total. The number of aliphatic carboxylic acids is 3. The third-order valence-electron chi connectivity index (χ3n) is 2.36. The molecule has 22 heavy (non-hydrogen) atoms. The van der Waals surface area contributed by atoms with Crippen LogP contribution in [0.5, 0.6) is 0 Å². The largest absolute Gasteiger partial charge is 0.481 e. The standard InChI is InChI=1S/C7H11NO5.C5H12N2O2/c1-4(9)8-5(7(12)13)2-3-6(10)11;6-3-1-2-4(7)5(8)9/h5H,2-3H2,1H3,(H,8,9)(H,10,11)(H,12,13);4H,1-3,6-7H2,(H,8,9)/t5-;4-/m00/s1. The van der Waals surface area contributed by atoms with E-state index in [1.165, 1.54) is 6.92 Å². The van der Waals surface area contributed by atoms with E-state index in [2.05, 4.69) is 5.32 Å². The van der Waals surface area contributed by atoms with Gasteiger partial charge >= 0.3 is 17.9 Å². The summed E-state index contributed by atoms with van der Waals surface area (Å²) in [5, 5.41) is 27.2. The lowest BCUT2D eigenvalue weighted by molar-refractivity contribution is -0.143. The second-order valence-electron chi connectivity index (χ2n) is 4.40. The normalized spacial score (nSPS) is 12.3. The Kier molecular flexibility index (Phi) is 12.6. The minimum absolute atomic E-state index is 0.107. The van der Waals surface area contributed by atoms with Crippen molar-refractivity contribution >= 4 is 23.8 Å². The number of nitrogens with two attached hydrogens (primary N) is 2. The lowest BCUT2D eigenvalue weighted by atomic mass is 10.1. The van der Waals surface area contributed by atoms with Crippen LogP contribution in [0.15, 0.2) is 0 Å². The third-order valence-corrected chi connectivity index (χ3v) is 2.36. The summed E-state index contributed by atoms with van der Waals surface area (Å²) in [5.74, 6) is -3.76. The zero-order chi connectivity index (χ0) is 17.7. The molecule has 0 aromatic heterocycles. The summed E-state index contributed by atoms with van der Waals surface area (Å²) in [6.45, 7) is 1.68. The third kappa shape index (κ3) is 14.2. The Labute approximate surface area is 127 Å². The Hall–Kier alpha value is -2.20. The maximum absolute atomic E-state index is 10.5. The highest BCUT2D eigenvalue weighted by Gasteiger charge is 2.18. The molecule has 0 aromatic rings. The van der Waals surface area contributed by atoms with Crippen LogP contribution >= 0.6 is 0 Å². The lowest BCUT2D eigenvalue weighted by Crippen LogP contribution is -2.39. The van der Waals surface area contributed by atoms with Crippen LogP contribution < -0.4 is 16.8 Å². The van der Waals surface area contributed by atoms with Gasteiger partial charge in [0.2, 0.25) is 5.91 Å². The Morgan fingerprint density at radius 3 is 1.91 bits per heavy atom. The molecule has 0 aromatic carbocycles. The molecule has 0 spiro atoms. The van der Waals surface area contributed by atoms with Gasteiger partial charge in [-0.25, -0.2) is 4.79 Å². The number of carboxylic acid groups (broad SMARTS) is 3. The molecule has 0 bridgehead atoms. The van der Waals surface area contributed by atoms with E-state index in [0.717, 1.165) is 0 Å². The van der Waals surface area contributed by atoms with E-state index in [1.54, 1.807) is 0 Å². The van der Waals surface area contributed by atoms with E-state index in [0.29, 0.717) is 19.4 Å². The predicted octanol–water partition coefficient (Wildman–Crippen LogP) is -1.42. The number of nitrogens with one attached hydrogen (secondary N) is 1. The molecular formula is C12H23N3O7. The summed E-state index contributed by atoms with van der Waals surface area (Å²) in [4.78, 5) is 41.1. The molecule has 2 atom stereocenters. The summed E-state index contributed by atoms with van der Waals surface area (Å²) in [5.41, 5.74) is 10.3. The van der Waals surface area contributed by atoms with Gasteiger partial charge in [-0.05, 0) is 25.8 Å². The lowest BCUT2D eigenvalue weighted by Gasteiger charge is -2.10. The Morgan fingerprint density at radius 1 is 1.05 bits per heavy atom. The number of hydrogen-bond donors (Lipinski definition) is 6. The summed E-state index contributed by atoms with van der Waals surface area (Å²) >= 11 is 0. The fourth-order valence-corrected chi connectivity index (χ4v) is 1.23. The fourth-order valence-electron chi connectivity index (χ4n) is 1.23. The monoisotopic (exact) mass is 321 g/mol. The molecule has 0 rings (SSSR count). The Bertz CT molecular complexity index is 387. The van der Waals surface area contributed by atoms with Gasteiger partial charge in [0.1, 0.15) is 12.1 Å². The first-order valence-electron chi connectivity index (χ1n) is 6.51. The minimum Gasteiger partial charge on any atom is -0.481 e. The predicted molar refractivity (Wildman–Crippen MR) is 76.0 cm³/mol. The smallest absolute Gasteiger partial charge is 0.326 e. The maximum Gasteiger partial charge on any atom is 0.326 e. The quantitative estimate of drug-likeness (QED) is 0.295. The van der Waals surface area contributed by atoms with Crippen LogP contribution in [0, 0.1) is 0 Å². The fraction of sp³-hybridized carbons (Fsp3) is 0.667. The van der Waals surface area contributed by atoms with Crippen LogP contribution in [0.4, 0.5) is 0 Å². The van der Waals surface area contributed by atoms with Crippen LogP contribution in [0.2, 0.25) is 0 Å². The molecule has 0 radical (unpaired) electrons. The van der Waals surface area contributed by atoms with Crippen molar-refractivity contribution in [2.24, 2.45) is 11.5 Å². The second kappa shape index (κ2) is 12.5. The van der Waals surface area contributed by atoms with E-state index in [1.807, 2.05) is 0 Å². The maximum atomic E-state index is 10.5. The van der Waals surface area contributed by atoms with E-state index >= 15 is 0 Å². The number of carboxylic acids is 3. The van der Waals surface area contributed by atoms with Gasteiger partial charge in [0.15, 0.2) is 0 Å². The Morgan fingerprint density at radius 2 is 1.59 bits per heavy atom. The van der Waals surface area contributed by atoms with Gasteiger partial charge in [-0.15, -0.1) is 0 Å². The molecule has 0 saturated carbocycles. The summed E-state index contributed by atoms with van der Waals surface area (Å²) in [6.07, 6.45) is 0.751. The van der Waals surface area contributed by atoms with Gasteiger partial charge < -0.3 is 32.1 Å². The average molecular weight is 321 g/mol. The molecule has 0 heterocycles. The highest BCUT2D eigenvalue weighted by atomic mass is 16.4. The summed E-state index contributed by atoms with van der Waals surface area (Å²) < 4.78 is 0. The van der Waals surface area contributed by atoms with Crippen LogP contribution in [0.1, 0.15) is 32.6 Å². The van der Waals surface area contributed by atoms with Crippen molar-refractivity contribution in [1.29, 1.82) is 0 Å². The average Bonchev–Trinajstić information content (AvgIpc) is 2.40. The first-order valence-corrected chi connectivity index (χ1v) is 6.51. The van der Waals surface area contributed by atoms with Crippen LogP contribution in [0.3, 0.4) is 0 Å². The molecule has 10 heteroatoms. The second-order valence-corrected chi connectivity index (χ2v) is 4.40. The van der Waals surface area contributed by atoms with E-state index < -0.39 is 35.9 Å². The molecule has 0 aliphatic heterocycles. The van der Waals surface area contributed by atoms with Crippen molar-refractivity contribution in [1.82, 2.24) is 5.32 Å². The van der Waals surface area contributed by atoms with Crippen molar-refractivity contribution in [2.75, 3.05) is 6.54 Å². The highest BCUT2D eigenvalue weighted by molar-refractivity contribution is 5.82. The topological polar surface area (TPSA) is 193 Å². The van der Waals surface area contributed by atoms with Gasteiger partial charge in [0, 0.05) is 13.3 Å². The van der Waals surface area contributed by atoms with E-state index in [-0.39, 0.29) is 12.8 Å².